The molecule has 2 aliphatic rings. The summed E-state index contributed by atoms with van der Waals surface area (Å²) in [7, 11) is -3.87. The smallest absolute Gasteiger partial charge is 0.264 e. The molecule has 1 N–H and O–H groups in total. The Morgan fingerprint density at radius 1 is 1.23 bits per heavy atom. The second kappa shape index (κ2) is 5.72. The van der Waals surface area contributed by atoms with Gasteiger partial charge >= 0.3 is 0 Å². The Balaban J connectivity index is 1.63. The number of benzene rings is 1. The van der Waals surface area contributed by atoms with Gasteiger partial charge in [0.1, 0.15) is 0 Å². The molecule has 22 heavy (non-hydrogen) atoms. The van der Waals surface area contributed by atoms with Crippen LogP contribution in [-0.2, 0) is 19.6 Å². The van der Waals surface area contributed by atoms with Gasteiger partial charge in [-0.15, -0.1) is 0 Å². The van der Waals surface area contributed by atoms with Crippen molar-refractivity contribution in [1.82, 2.24) is 9.62 Å². The minimum absolute atomic E-state index is 0.0440. The normalized spacial score (nSPS) is 21.9. The van der Waals surface area contributed by atoms with Gasteiger partial charge < -0.3 is 4.90 Å². The zero-order valence-electron chi connectivity index (χ0n) is 12.1. The molecule has 6 nitrogen and oxygen atoms in total. The van der Waals surface area contributed by atoms with Gasteiger partial charge in [-0.25, -0.2) is 13.1 Å². The number of hydrogen-bond acceptors (Lipinski definition) is 4. The predicted octanol–water partition coefficient (Wildman–Crippen LogP) is 0.750. The third-order valence-corrected chi connectivity index (χ3v) is 5.41. The van der Waals surface area contributed by atoms with Crippen molar-refractivity contribution in [3.63, 3.8) is 0 Å². The minimum Gasteiger partial charge on any atom is -0.342 e. The summed E-state index contributed by atoms with van der Waals surface area (Å²) in [6.45, 7) is 1.000. The maximum absolute atomic E-state index is 12.2. The van der Waals surface area contributed by atoms with Crippen LogP contribution in [0, 0.1) is 11.8 Å². The SMILES string of the molecule is O=C(NS(=O)(=O)c1ccccc1)C1CC(=O)N(CC2CC2)C1. The highest BCUT2D eigenvalue weighted by Gasteiger charge is 2.38. The number of hydrogen-bond donors (Lipinski definition) is 1. The summed E-state index contributed by atoms with van der Waals surface area (Å²) < 4.78 is 26.3. The van der Waals surface area contributed by atoms with Crippen LogP contribution in [0.4, 0.5) is 0 Å². The molecule has 1 heterocycles. The van der Waals surface area contributed by atoms with E-state index in [-0.39, 0.29) is 17.2 Å². The first kappa shape index (κ1) is 15.0. The predicted molar refractivity (Wildman–Crippen MR) is 79.2 cm³/mol. The van der Waals surface area contributed by atoms with Crippen molar-refractivity contribution in [2.45, 2.75) is 24.2 Å². The van der Waals surface area contributed by atoms with Crippen molar-refractivity contribution in [1.29, 1.82) is 0 Å². The van der Waals surface area contributed by atoms with Crippen LogP contribution >= 0.6 is 0 Å². The zero-order chi connectivity index (χ0) is 15.7. The second-order valence-corrected chi connectivity index (χ2v) is 7.61. The third-order valence-electron chi connectivity index (χ3n) is 4.05. The van der Waals surface area contributed by atoms with Gasteiger partial charge in [-0.2, -0.15) is 0 Å². The summed E-state index contributed by atoms with van der Waals surface area (Å²) in [5.74, 6) is -0.705. The van der Waals surface area contributed by atoms with E-state index >= 15 is 0 Å². The van der Waals surface area contributed by atoms with Gasteiger partial charge in [0.25, 0.3) is 10.0 Å². The molecule has 0 bridgehead atoms. The van der Waals surface area contributed by atoms with Gasteiger partial charge in [0.2, 0.25) is 11.8 Å². The van der Waals surface area contributed by atoms with Gasteiger partial charge in [0, 0.05) is 19.5 Å². The van der Waals surface area contributed by atoms with E-state index in [2.05, 4.69) is 4.72 Å². The van der Waals surface area contributed by atoms with Crippen molar-refractivity contribution in [3.8, 4) is 0 Å². The Hall–Kier alpha value is -1.89. The highest BCUT2D eigenvalue weighted by atomic mass is 32.2. The van der Waals surface area contributed by atoms with E-state index in [1.54, 1.807) is 23.1 Å². The molecular weight excluding hydrogens is 304 g/mol. The summed E-state index contributed by atoms with van der Waals surface area (Å²) in [5.41, 5.74) is 0. The molecule has 1 unspecified atom stereocenters. The number of amides is 2. The molecular formula is C15H18N2O4S. The molecule has 1 aliphatic carbocycles. The van der Waals surface area contributed by atoms with Crippen LogP contribution in [0.3, 0.4) is 0 Å². The molecule has 2 amide bonds. The van der Waals surface area contributed by atoms with E-state index in [0.29, 0.717) is 19.0 Å². The van der Waals surface area contributed by atoms with Gasteiger partial charge in [-0.1, -0.05) is 18.2 Å². The summed E-state index contributed by atoms with van der Waals surface area (Å²) in [6, 6.07) is 7.74. The van der Waals surface area contributed by atoms with Crippen molar-refractivity contribution < 1.29 is 18.0 Å². The van der Waals surface area contributed by atoms with Crippen molar-refractivity contribution in [3.05, 3.63) is 30.3 Å². The molecule has 0 radical (unpaired) electrons. The summed E-state index contributed by atoms with van der Waals surface area (Å²) >= 11 is 0. The standard InChI is InChI=1S/C15H18N2O4S/c18-14-8-12(10-17(14)9-11-6-7-11)15(19)16-22(20,21)13-4-2-1-3-5-13/h1-5,11-12H,6-10H2,(H,16,19). The second-order valence-electron chi connectivity index (χ2n) is 5.93. The van der Waals surface area contributed by atoms with Gasteiger partial charge in [-0.05, 0) is 30.9 Å². The first-order chi connectivity index (χ1) is 10.5. The fourth-order valence-corrected chi connectivity index (χ4v) is 3.68. The molecule has 1 aliphatic heterocycles. The molecule has 0 aromatic heterocycles. The number of likely N-dealkylation sites (tertiary alicyclic amines) is 1. The van der Waals surface area contributed by atoms with Crippen LogP contribution < -0.4 is 4.72 Å². The highest BCUT2D eigenvalue weighted by Crippen LogP contribution is 2.32. The van der Waals surface area contributed by atoms with Crippen molar-refractivity contribution in [2.75, 3.05) is 13.1 Å². The van der Waals surface area contributed by atoms with E-state index in [4.69, 9.17) is 0 Å². The fraction of sp³-hybridized carbons (Fsp3) is 0.467. The number of sulfonamides is 1. The number of carbonyl (C=O) groups is 2. The summed E-state index contributed by atoms with van der Waals surface area (Å²) in [6.07, 6.45) is 2.34. The molecule has 2 fully saturated rings. The van der Waals surface area contributed by atoms with E-state index in [0.717, 1.165) is 12.8 Å². The molecule has 3 rings (SSSR count). The third kappa shape index (κ3) is 3.30. The Bertz CT molecular complexity index is 683. The number of rotatable bonds is 5. The molecule has 1 saturated heterocycles. The lowest BCUT2D eigenvalue weighted by Crippen LogP contribution is -2.37. The molecule has 0 spiro atoms. The molecule has 118 valence electrons. The van der Waals surface area contributed by atoms with Gasteiger partial charge in [0.05, 0.1) is 10.8 Å². The first-order valence-electron chi connectivity index (χ1n) is 7.35. The maximum atomic E-state index is 12.2. The van der Waals surface area contributed by atoms with Crippen molar-refractivity contribution in [2.24, 2.45) is 11.8 Å². The van der Waals surface area contributed by atoms with Crippen LogP contribution in [0.2, 0.25) is 0 Å². The monoisotopic (exact) mass is 322 g/mol. The molecule has 1 aromatic rings. The fourth-order valence-electron chi connectivity index (χ4n) is 2.61. The number of carbonyl (C=O) groups excluding carboxylic acids is 2. The molecule has 1 atom stereocenters. The Morgan fingerprint density at radius 2 is 1.91 bits per heavy atom. The lowest BCUT2D eigenvalue weighted by molar-refractivity contribution is -0.128. The maximum Gasteiger partial charge on any atom is 0.264 e. The average Bonchev–Trinajstić information content (AvgIpc) is 3.22. The van der Waals surface area contributed by atoms with E-state index in [9.17, 15) is 18.0 Å². The molecule has 1 saturated carbocycles. The Labute approximate surface area is 129 Å². The largest absolute Gasteiger partial charge is 0.342 e. The number of nitrogens with zero attached hydrogens (tertiary/aromatic N) is 1. The Kier molecular flexibility index (Phi) is 3.90. The van der Waals surface area contributed by atoms with Crippen LogP contribution in [0.1, 0.15) is 19.3 Å². The van der Waals surface area contributed by atoms with Crippen LogP contribution in [0.5, 0.6) is 0 Å². The minimum atomic E-state index is -3.87. The summed E-state index contributed by atoms with van der Waals surface area (Å²) in [4.78, 5) is 25.8. The van der Waals surface area contributed by atoms with Crippen LogP contribution in [0.25, 0.3) is 0 Å². The lowest BCUT2D eigenvalue weighted by atomic mass is 10.1. The average molecular weight is 322 g/mol. The van der Waals surface area contributed by atoms with Crippen molar-refractivity contribution >= 4 is 21.8 Å². The van der Waals surface area contributed by atoms with E-state index in [1.807, 2.05) is 0 Å². The van der Waals surface area contributed by atoms with Crippen LogP contribution in [0.15, 0.2) is 35.2 Å². The topological polar surface area (TPSA) is 83.5 Å². The quantitative estimate of drug-likeness (QED) is 0.867. The summed E-state index contributed by atoms with van der Waals surface area (Å²) in [5, 5.41) is 0. The van der Waals surface area contributed by atoms with Gasteiger partial charge in [0.15, 0.2) is 0 Å². The molecule has 1 aromatic carbocycles. The zero-order valence-corrected chi connectivity index (χ0v) is 12.9. The molecule has 7 heteroatoms. The van der Waals surface area contributed by atoms with E-state index in [1.165, 1.54) is 12.1 Å². The first-order valence-corrected chi connectivity index (χ1v) is 8.83. The lowest BCUT2D eigenvalue weighted by Gasteiger charge is -2.16. The number of nitrogens with one attached hydrogen (secondary N) is 1. The Morgan fingerprint density at radius 3 is 2.55 bits per heavy atom. The highest BCUT2D eigenvalue weighted by molar-refractivity contribution is 7.90. The van der Waals surface area contributed by atoms with Crippen LogP contribution in [-0.4, -0.2) is 38.2 Å². The van der Waals surface area contributed by atoms with E-state index < -0.39 is 21.8 Å². The van der Waals surface area contributed by atoms with Gasteiger partial charge in [-0.3, -0.25) is 9.59 Å².